The summed E-state index contributed by atoms with van der Waals surface area (Å²) in [6, 6.07) is 2.85. The highest BCUT2D eigenvalue weighted by atomic mass is 32.1. The predicted molar refractivity (Wildman–Crippen MR) is 73.8 cm³/mol. The van der Waals surface area contributed by atoms with Gasteiger partial charge in [-0.25, -0.2) is 4.98 Å². The molecule has 2 heterocycles. The van der Waals surface area contributed by atoms with Crippen molar-refractivity contribution in [3.8, 4) is 0 Å². The summed E-state index contributed by atoms with van der Waals surface area (Å²) in [5, 5.41) is 3.69. The molecule has 0 aliphatic rings. The zero-order chi connectivity index (χ0) is 13.8. The number of carbonyl (C=O) groups excluding carboxylic acids is 1. The molecule has 0 radical (unpaired) electrons. The predicted octanol–water partition coefficient (Wildman–Crippen LogP) is 0.512. The summed E-state index contributed by atoms with van der Waals surface area (Å²) in [6.45, 7) is 2.28. The lowest BCUT2D eigenvalue weighted by Gasteiger charge is -2.06. The number of nitrogens with one attached hydrogen (secondary N) is 1. The quantitative estimate of drug-likeness (QED) is 0.852. The number of hydrogen-bond donors (Lipinski definition) is 2. The number of aryl methyl sites for hydroxylation is 1. The molecule has 0 saturated heterocycles. The number of aromatic nitrogens is 2. The largest absolute Gasteiger partial charge is 0.398 e. The molecule has 100 valence electrons. The normalized spacial score (nSPS) is 10.4. The molecule has 0 fully saturated rings. The summed E-state index contributed by atoms with van der Waals surface area (Å²) in [7, 11) is 0. The Morgan fingerprint density at radius 1 is 1.53 bits per heavy atom. The van der Waals surface area contributed by atoms with Gasteiger partial charge in [0.15, 0.2) is 0 Å². The molecule has 19 heavy (non-hydrogen) atoms. The van der Waals surface area contributed by atoms with Gasteiger partial charge in [0.1, 0.15) is 6.54 Å². The standard InChI is InChI=1S/C12H14N4O2S/c1-8-14-4-10(19-8)5-15-11(17)7-16-6-9(13)2-3-12(16)18/h2-4,6H,5,7,13H2,1H3,(H,15,17). The molecule has 0 bridgehead atoms. The van der Waals surface area contributed by atoms with Gasteiger partial charge >= 0.3 is 0 Å². The first-order valence-electron chi connectivity index (χ1n) is 5.68. The van der Waals surface area contributed by atoms with Gasteiger partial charge in [-0.05, 0) is 13.0 Å². The van der Waals surface area contributed by atoms with E-state index < -0.39 is 0 Å². The second kappa shape index (κ2) is 5.66. The monoisotopic (exact) mass is 278 g/mol. The Kier molecular flexibility index (Phi) is 3.96. The molecule has 0 aliphatic heterocycles. The average molecular weight is 278 g/mol. The first-order valence-corrected chi connectivity index (χ1v) is 6.50. The molecule has 7 heteroatoms. The zero-order valence-electron chi connectivity index (χ0n) is 10.4. The third-order valence-electron chi connectivity index (χ3n) is 2.45. The highest BCUT2D eigenvalue weighted by Gasteiger charge is 2.05. The maximum absolute atomic E-state index is 11.7. The summed E-state index contributed by atoms with van der Waals surface area (Å²) < 4.78 is 1.28. The van der Waals surface area contributed by atoms with Gasteiger partial charge in [-0.1, -0.05) is 0 Å². The number of nitrogen functional groups attached to an aromatic ring is 1. The van der Waals surface area contributed by atoms with Crippen LogP contribution in [0.15, 0.2) is 29.3 Å². The van der Waals surface area contributed by atoms with Crippen LogP contribution in [0.2, 0.25) is 0 Å². The second-order valence-electron chi connectivity index (χ2n) is 4.05. The van der Waals surface area contributed by atoms with Crippen LogP contribution in [0.5, 0.6) is 0 Å². The van der Waals surface area contributed by atoms with Crippen LogP contribution in [0.4, 0.5) is 5.69 Å². The molecule has 0 atom stereocenters. The SMILES string of the molecule is Cc1ncc(CNC(=O)Cn2cc(N)ccc2=O)s1. The van der Waals surface area contributed by atoms with Gasteiger partial charge in [0, 0.05) is 29.0 Å². The molecule has 1 amide bonds. The minimum Gasteiger partial charge on any atom is -0.398 e. The van der Waals surface area contributed by atoms with E-state index in [2.05, 4.69) is 10.3 Å². The van der Waals surface area contributed by atoms with Gasteiger partial charge in [-0.15, -0.1) is 11.3 Å². The number of rotatable bonds is 4. The van der Waals surface area contributed by atoms with Gasteiger partial charge in [-0.2, -0.15) is 0 Å². The van der Waals surface area contributed by atoms with Crippen molar-refractivity contribution >= 4 is 22.9 Å². The summed E-state index contributed by atoms with van der Waals surface area (Å²) in [4.78, 5) is 28.3. The van der Waals surface area contributed by atoms with Crippen molar-refractivity contribution in [3.63, 3.8) is 0 Å². The van der Waals surface area contributed by atoms with E-state index in [0.717, 1.165) is 9.88 Å². The Morgan fingerprint density at radius 3 is 3.00 bits per heavy atom. The van der Waals surface area contributed by atoms with Crippen LogP contribution in [0, 0.1) is 6.92 Å². The molecular formula is C12H14N4O2S. The van der Waals surface area contributed by atoms with E-state index in [1.54, 1.807) is 6.20 Å². The second-order valence-corrected chi connectivity index (χ2v) is 5.37. The lowest BCUT2D eigenvalue weighted by molar-refractivity contribution is -0.121. The van der Waals surface area contributed by atoms with Crippen LogP contribution in [0.3, 0.4) is 0 Å². The third kappa shape index (κ3) is 3.65. The Balaban J connectivity index is 1.94. The van der Waals surface area contributed by atoms with Gasteiger partial charge in [-0.3, -0.25) is 9.59 Å². The fourth-order valence-electron chi connectivity index (χ4n) is 1.56. The van der Waals surface area contributed by atoms with Crippen LogP contribution in [-0.2, 0) is 17.9 Å². The van der Waals surface area contributed by atoms with Gasteiger partial charge in [0.25, 0.3) is 5.56 Å². The van der Waals surface area contributed by atoms with Crippen molar-refractivity contribution in [1.82, 2.24) is 14.9 Å². The van der Waals surface area contributed by atoms with Crippen molar-refractivity contribution in [2.24, 2.45) is 0 Å². The number of carbonyl (C=O) groups is 1. The van der Waals surface area contributed by atoms with Crippen LogP contribution >= 0.6 is 11.3 Å². The fourth-order valence-corrected chi connectivity index (χ4v) is 2.29. The molecule has 0 spiro atoms. The fraction of sp³-hybridized carbons (Fsp3) is 0.250. The maximum atomic E-state index is 11.7. The van der Waals surface area contributed by atoms with E-state index in [9.17, 15) is 9.59 Å². The molecule has 3 N–H and O–H groups in total. The first kappa shape index (κ1) is 13.3. The molecule has 0 saturated carbocycles. The smallest absolute Gasteiger partial charge is 0.251 e. The van der Waals surface area contributed by atoms with E-state index in [1.807, 2.05) is 6.92 Å². The van der Waals surface area contributed by atoms with Crippen LogP contribution in [-0.4, -0.2) is 15.5 Å². The Hall–Kier alpha value is -2.15. The van der Waals surface area contributed by atoms with Gasteiger partial charge in [0.2, 0.25) is 5.91 Å². The summed E-state index contributed by atoms with van der Waals surface area (Å²) in [6.07, 6.45) is 3.19. The number of anilines is 1. The van der Waals surface area contributed by atoms with Crippen molar-refractivity contribution in [2.75, 3.05) is 5.73 Å². The lowest BCUT2D eigenvalue weighted by atomic mass is 10.4. The van der Waals surface area contributed by atoms with Gasteiger partial charge < -0.3 is 15.6 Å². The molecule has 2 aromatic rings. The Morgan fingerprint density at radius 2 is 2.32 bits per heavy atom. The van der Waals surface area contributed by atoms with Crippen LogP contribution < -0.4 is 16.6 Å². The summed E-state index contributed by atoms with van der Waals surface area (Å²) in [5.74, 6) is -0.237. The van der Waals surface area contributed by atoms with E-state index >= 15 is 0 Å². The highest BCUT2D eigenvalue weighted by molar-refractivity contribution is 7.11. The summed E-state index contributed by atoms with van der Waals surface area (Å²) >= 11 is 1.53. The van der Waals surface area contributed by atoms with Crippen molar-refractivity contribution < 1.29 is 4.79 Å². The Bertz CT molecular complexity index is 647. The lowest BCUT2D eigenvalue weighted by Crippen LogP contribution is -2.31. The minimum atomic E-state index is -0.252. The van der Waals surface area contributed by atoms with E-state index in [1.165, 1.54) is 34.2 Å². The number of nitrogens with two attached hydrogens (primary N) is 1. The number of amides is 1. The molecule has 0 aromatic carbocycles. The summed E-state index contributed by atoms with van der Waals surface area (Å²) in [5.41, 5.74) is 5.77. The van der Waals surface area contributed by atoms with E-state index in [4.69, 9.17) is 5.73 Å². The first-order chi connectivity index (χ1) is 9.04. The minimum absolute atomic E-state index is 0.0400. The topological polar surface area (TPSA) is 90.0 Å². The van der Waals surface area contributed by atoms with Crippen molar-refractivity contribution in [1.29, 1.82) is 0 Å². The van der Waals surface area contributed by atoms with Crippen LogP contribution in [0.25, 0.3) is 0 Å². The number of hydrogen-bond acceptors (Lipinski definition) is 5. The van der Waals surface area contributed by atoms with Gasteiger partial charge in [0.05, 0.1) is 11.6 Å². The maximum Gasteiger partial charge on any atom is 0.251 e. The van der Waals surface area contributed by atoms with Crippen molar-refractivity contribution in [3.05, 3.63) is 44.8 Å². The third-order valence-corrected chi connectivity index (χ3v) is 3.36. The number of pyridine rings is 1. The molecular weight excluding hydrogens is 264 g/mol. The van der Waals surface area contributed by atoms with E-state index in [0.29, 0.717) is 12.2 Å². The molecule has 0 aliphatic carbocycles. The molecule has 6 nitrogen and oxygen atoms in total. The number of nitrogens with zero attached hydrogens (tertiary/aromatic N) is 2. The molecule has 0 unspecified atom stereocenters. The zero-order valence-corrected chi connectivity index (χ0v) is 11.2. The van der Waals surface area contributed by atoms with E-state index in [-0.39, 0.29) is 18.0 Å². The highest BCUT2D eigenvalue weighted by Crippen LogP contribution is 2.10. The molecule has 2 rings (SSSR count). The Labute approximate surface area is 113 Å². The van der Waals surface area contributed by atoms with Crippen LogP contribution in [0.1, 0.15) is 9.88 Å². The molecule has 2 aromatic heterocycles. The number of thiazole rings is 1. The van der Waals surface area contributed by atoms with Crippen molar-refractivity contribution in [2.45, 2.75) is 20.0 Å². The average Bonchev–Trinajstić information content (AvgIpc) is 2.77.